The number of nitrogens with zero attached hydrogens (tertiary/aromatic N) is 4. The Balaban J connectivity index is 2.20. The Bertz CT molecular complexity index is 664. The van der Waals surface area contributed by atoms with Crippen molar-refractivity contribution in [2.24, 2.45) is 20.4 Å². The molecule has 8 nitrogen and oxygen atoms in total. The summed E-state index contributed by atoms with van der Waals surface area (Å²) in [6.07, 6.45) is 1.48. The largest absolute Gasteiger partial charge is 0.497 e. The van der Waals surface area contributed by atoms with Gasteiger partial charge in [-0.3, -0.25) is 5.32 Å². The van der Waals surface area contributed by atoms with E-state index in [1.165, 1.54) is 6.21 Å². The van der Waals surface area contributed by atoms with Crippen LogP contribution < -0.4 is 14.8 Å². The van der Waals surface area contributed by atoms with Crippen molar-refractivity contribution in [3.63, 3.8) is 0 Å². The zero-order valence-electron chi connectivity index (χ0n) is 11.5. The number of amidine groups is 1. The van der Waals surface area contributed by atoms with Gasteiger partial charge in [0.05, 0.1) is 20.4 Å². The monoisotopic (exact) mass is 287 g/mol. The summed E-state index contributed by atoms with van der Waals surface area (Å²) in [4.78, 5) is 11.0. The first kappa shape index (κ1) is 14.4. The zero-order valence-corrected chi connectivity index (χ0v) is 11.5. The lowest BCUT2D eigenvalue weighted by atomic mass is 10.2. The summed E-state index contributed by atoms with van der Waals surface area (Å²) in [5.41, 5.74) is 0.936. The molecule has 0 aromatic heterocycles. The maximum absolute atomic E-state index is 11.0. The number of carbonyl (C=O) groups excluding carboxylic acids is 1. The summed E-state index contributed by atoms with van der Waals surface area (Å²) in [7, 11) is 3.11. The maximum atomic E-state index is 11.0. The lowest BCUT2D eigenvalue weighted by Crippen LogP contribution is -2.31. The highest BCUT2D eigenvalue weighted by Gasteiger charge is 2.14. The highest BCUT2D eigenvalue weighted by atomic mass is 16.5. The second kappa shape index (κ2) is 6.42. The number of azo groups is 1. The number of urea groups is 1. The first-order valence-corrected chi connectivity index (χ1v) is 5.89. The molecule has 0 atom stereocenters. The molecule has 21 heavy (non-hydrogen) atoms. The van der Waals surface area contributed by atoms with Crippen LogP contribution in [0.15, 0.2) is 50.9 Å². The van der Waals surface area contributed by atoms with Gasteiger partial charge < -0.3 is 9.47 Å². The van der Waals surface area contributed by atoms with Crippen molar-refractivity contribution in [2.45, 2.75) is 0 Å². The van der Waals surface area contributed by atoms with E-state index in [1.54, 1.807) is 32.4 Å². The van der Waals surface area contributed by atoms with Crippen LogP contribution in [-0.4, -0.2) is 32.3 Å². The van der Waals surface area contributed by atoms with Crippen molar-refractivity contribution < 1.29 is 14.3 Å². The summed E-state index contributed by atoms with van der Waals surface area (Å²) in [5, 5.41) is 16.9. The number of ether oxygens (including phenoxy) is 2. The van der Waals surface area contributed by atoms with Crippen LogP contribution in [0.2, 0.25) is 0 Å². The van der Waals surface area contributed by atoms with Crippen LogP contribution in [0.1, 0.15) is 5.56 Å². The number of methoxy groups -OCH3 is 2. The van der Waals surface area contributed by atoms with E-state index >= 15 is 0 Å². The number of hydrogen-bond acceptors (Lipinski definition) is 6. The molecule has 0 saturated heterocycles. The van der Waals surface area contributed by atoms with Gasteiger partial charge in [-0.25, -0.2) is 4.79 Å². The van der Waals surface area contributed by atoms with Gasteiger partial charge in [-0.15, -0.1) is 10.2 Å². The Morgan fingerprint density at radius 1 is 1.29 bits per heavy atom. The fourth-order valence-electron chi connectivity index (χ4n) is 1.51. The van der Waals surface area contributed by atoms with Crippen molar-refractivity contribution in [3.05, 3.63) is 36.0 Å². The van der Waals surface area contributed by atoms with Crippen molar-refractivity contribution in [1.82, 2.24) is 5.32 Å². The maximum Gasteiger partial charge on any atom is 0.365 e. The van der Waals surface area contributed by atoms with Gasteiger partial charge in [0.2, 0.25) is 0 Å². The lowest BCUT2D eigenvalue weighted by Gasteiger charge is -2.07. The van der Waals surface area contributed by atoms with Gasteiger partial charge in [-0.05, 0) is 12.1 Å². The van der Waals surface area contributed by atoms with E-state index < -0.39 is 6.03 Å². The van der Waals surface area contributed by atoms with E-state index in [0.717, 1.165) is 0 Å². The third kappa shape index (κ3) is 3.50. The molecule has 1 aromatic carbocycles. The molecule has 1 aliphatic heterocycles. The molecule has 1 heterocycles. The highest BCUT2D eigenvalue weighted by molar-refractivity contribution is 6.08. The Kier molecular flexibility index (Phi) is 4.39. The average Bonchev–Trinajstić information content (AvgIpc) is 2.50. The van der Waals surface area contributed by atoms with Gasteiger partial charge in [0, 0.05) is 11.6 Å². The first-order chi connectivity index (χ1) is 10.1. The summed E-state index contributed by atoms with van der Waals surface area (Å²) in [6, 6.07) is 4.66. The zero-order chi connectivity index (χ0) is 15.2. The molecule has 1 aromatic rings. The standard InChI is InChI=1S/C13H13N5O3/c1-8-12(15-13(19)18-16-8)17-14-7-9-4-5-10(20-2)6-11(9)21-3/h4-7H,1H2,2-3H3,(H,15,17,19)/b14-7+. The molecule has 1 N–H and O–H groups in total. The molecule has 0 fully saturated rings. The highest BCUT2D eigenvalue weighted by Crippen LogP contribution is 2.23. The van der Waals surface area contributed by atoms with Crippen LogP contribution in [0, 0.1) is 0 Å². The Hall–Kier alpha value is -3.03. The SMILES string of the molecule is C=C1N=NC(=O)N/C1=N/N=C/c1ccc(OC)cc1OC. The van der Waals surface area contributed by atoms with Gasteiger partial charge >= 0.3 is 6.03 Å². The number of amides is 2. The molecule has 8 heteroatoms. The van der Waals surface area contributed by atoms with Crippen LogP contribution in [0.5, 0.6) is 11.5 Å². The van der Waals surface area contributed by atoms with Gasteiger partial charge in [0.1, 0.15) is 17.2 Å². The van der Waals surface area contributed by atoms with Crippen molar-refractivity contribution >= 4 is 18.1 Å². The second-order valence-corrected chi connectivity index (χ2v) is 3.88. The number of carbonyl (C=O) groups is 1. The summed E-state index contributed by atoms with van der Waals surface area (Å²) < 4.78 is 10.3. The molecule has 2 rings (SSSR count). The average molecular weight is 287 g/mol. The van der Waals surface area contributed by atoms with E-state index in [-0.39, 0.29) is 11.5 Å². The van der Waals surface area contributed by atoms with Gasteiger partial charge in [0.25, 0.3) is 0 Å². The van der Waals surface area contributed by atoms with Crippen molar-refractivity contribution in [2.75, 3.05) is 14.2 Å². The second-order valence-electron chi connectivity index (χ2n) is 3.88. The fraction of sp³-hybridized carbons (Fsp3) is 0.154. The predicted molar refractivity (Wildman–Crippen MR) is 77.1 cm³/mol. The molecule has 108 valence electrons. The Morgan fingerprint density at radius 3 is 2.81 bits per heavy atom. The molecule has 1 aliphatic rings. The predicted octanol–water partition coefficient (Wildman–Crippen LogP) is 2.13. The fourth-order valence-corrected chi connectivity index (χ4v) is 1.51. The normalized spacial score (nSPS) is 16.4. The van der Waals surface area contributed by atoms with E-state index in [1.807, 2.05) is 0 Å². The Morgan fingerprint density at radius 2 is 2.10 bits per heavy atom. The third-order valence-corrected chi connectivity index (χ3v) is 2.56. The number of hydrogen-bond donors (Lipinski definition) is 1. The minimum atomic E-state index is -0.613. The van der Waals surface area contributed by atoms with Crippen molar-refractivity contribution in [3.8, 4) is 11.5 Å². The van der Waals surface area contributed by atoms with Crippen LogP contribution >= 0.6 is 0 Å². The topological polar surface area (TPSA) is 97.0 Å². The van der Waals surface area contributed by atoms with Gasteiger partial charge in [0.15, 0.2) is 5.84 Å². The van der Waals surface area contributed by atoms with Crippen LogP contribution in [0.4, 0.5) is 4.79 Å². The molecule has 2 amide bonds. The summed E-state index contributed by atoms with van der Waals surface area (Å²) in [6.45, 7) is 3.59. The molecule has 0 saturated carbocycles. The van der Waals surface area contributed by atoms with Gasteiger partial charge in [-0.1, -0.05) is 11.7 Å². The molecule has 0 unspecified atom stereocenters. The first-order valence-electron chi connectivity index (χ1n) is 5.89. The molecule has 0 bridgehead atoms. The smallest absolute Gasteiger partial charge is 0.365 e. The third-order valence-electron chi connectivity index (χ3n) is 2.56. The van der Waals surface area contributed by atoms with E-state index in [4.69, 9.17) is 9.47 Å². The van der Waals surface area contributed by atoms with E-state index in [0.29, 0.717) is 17.1 Å². The van der Waals surface area contributed by atoms with E-state index in [2.05, 4.69) is 32.3 Å². The van der Waals surface area contributed by atoms with Crippen molar-refractivity contribution in [1.29, 1.82) is 0 Å². The number of benzene rings is 1. The van der Waals surface area contributed by atoms with Crippen LogP contribution in [-0.2, 0) is 0 Å². The number of rotatable bonds is 4. The minimum absolute atomic E-state index is 0.152. The lowest BCUT2D eigenvalue weighted by molar-refractivity contribution is 0.251. The molecule has 0 spiro atoms. The number of nitrogens with one attached hydrogen (secondary N) is 1. The van der Waals surface area contributed by atoms with Crippen LogP contribution in [0.3, 0.4) is 0 Å². The molecule has 0 radical (unpaired) electrons. The van der Waals surface area contributed by atoms with Gasteiger partial charge in [-0.2, -0.15) is 5.10 Å². The minimum Gasteiger partial charge on any atom is -0.497 e. The molecular formula is C13H13N5O3. The Labute approximate surface area is 120 Å². The summed E-state index contributed by atoms with van der Waals surface area (Å²) >= 11 is 0. The quantitative estimate of drug-likeness (QED) is 0.678. The van der Waals surface area contributed by atoms with E-state index in [9.17, 15) is 4.79 Å². The summed E-state index contributed by atoms with van der Waals surface area (Å²) in [5.74, 6) is 1.41. The molecular weight excluding hydrogens is 274 g/mol. The van der Waals surface area contributed by atoms with Crippen LogP contribution in [0.25, 0.3) is 0 Å². The molecule has 0 aliphatic carbocycles.